The summed E-state index contributed by atoms with van der Waals surface area (Å²) < 4.78 is 0. The standard InChI is InChI=1S/C12H18N4O/c1-3-15-11(17)10-6-4-5-9(7-10)8-16-12(13)14-2/h4-7H,3,8H2,1-2H3,(H,15,17)(H3,13,14,16). The third-order valence-electron chi connectivity index (χ3n) is 2.24. The Morgan fingerprint density at radius 2 is 2.18 bits per heavy atom. The van der Waals surface area contributed by atoms with Crippen molar-refractivity contribution in [3.8, 4) is 0 Å². The summed E-state index contributed by atoms with van der Waals surface area (Å²) in [5, 5.41) is 5.70. The number of nitrogens with zero attached hydrogens (tertiary/aromatic N) is 1. The topological polar surface area (TPSA) is 79.5 Å². The lowest BCUT2D eigenvalue weighted by Crippen LogP contribution is -2.30. The minimum Gasteiger partial charge on any atom is -0.370 e. The summed E-state index contributed by atoms with van der Waals surface area (Å²) in [6.45, 7) is 3.06. The highest BCUT2D eigenvalue weighted by Crippen LogP contribution is 2.05. The molecule has 4 N–H and O–H groups in total. The molecule has 1 amide bonds. The zero-order chi connectivity index (χ0) is 12.7. The number of rotatable bonds is 4. The summed E-state index contributed by atoms with van der Waals surface area (Å²) >= 11 is 0. The number of benzene rings is 1. The molecule has 1 aromatic carbocycles. The molecular formula is C12H18N4O. The Bertz CT molecular complexity index is 415. The van der Waals surface area contributed by atoms with E-state index in [4.69, 9.17) is 5.73 Å². The third-order valence-corrected chi connectivity index (χ3v) is 2.24. The molecule has 0 unspecified atom stereocenters. The van der Waals surface area contributed by atoms with Crippen LogP contribution < -0.4 is 16.4 Å². The largest absolute Gasteiger partial charge is 0.370 e. The molecule has 92 valence electrons. The van der Waals surface area contributed by atoms with Crippen molar-refractivity contribution in [1.82, 2.24) is 10.6 Å². The number of carbonyl (C=O) groups is 1. The van der Waals surface area contributed by atoms with Crippen molar-refractivity contribution in [2.45, 2.75) is 13.5 Å². The van der Waals surface area contributed by atoms with Crippen LogP contribution in [0, 0.1) is 0 Å². The van der Waals surface area contributed by atoms with Crippen LogP contribution in [0.2, 0.25) is 0 Å². The molecule has 0 heterocycles. The van der Waals surface area contributed by atoms with E-state index < -0.39 is 0 Å². The van der Waals surface area contributed by atoms with Gasteiger partial charge in [-0.25, -0.2) is 0 Å². The van der Waals surface area contributed by atoms with Crippen molar-refractivity contribution in [1.29, 1.82) is 0 Å². The van der Waals surface area contributed by atoms with Crippen molar-refractivity contribution >= 4 is 11.9 Å². The summed E-state index contributed by atoms with van der Waals surface area (Å²) in [5.41, 5.74) is 7.16. The van der Waals surface area contributed by atoms with Gasteiger partial charge in [0.2, 0.25) is 0 Å². The molecule has 0 aromatic heterocycles. The lowest BCUT2D eigenvalue weighted by atomic mass is 10.1. The normalized spacial score (nSPS) is 11.1. The monoisotopic (exact) mass is 234 g/mol. The van der Waals surface area contributed by atoms with Gasteiger partial charge in [0.05, 0.1) is 0 Å². The van der Waals surface area contributed by atoms with Crippen molar-refractivity contribution in [3.05, 3.63) is 35.4 Å². The van der Waals surface area contributed by atoms with Gasteiger partial charge in [-0.2, -0.15) is 0 Å². The minimum absolute atomic E-state index is 0.0634. The Morgan fingerprint density at radius 1 is 1.41 bits per heavy atom. The zero-order valence-corrected chi connectivity index (χ0v) is 10.2. The number of nitrogens with one attached hydrogen (secondary N) is 2. The van der Waals surface area contributed by atoms with E-state index in [0.717, 1.165) is 5.56 Å². The van der Waals surface area contributed by atoms with E-state index in [2.05, 4.69) is 15.6 Å². The first kappa shape index (κ1) is 13.0. The van der Waals surface area contributed by atoms with Gasteiger partial charge in [-0.15, -0.1) is 0 Å². The Kier molecular flexibility index (Phi) is 5.00. The Balaban J connectivity index is 2.69. The second-order valence-electron chi connectivity index (χ2n) is 3.52. The molecule has 0 aliphatic rings. The highest BCUT2D eigenvalue weighted by molar-refractivity contribution is 5.94. The van der Waals surface area contributed by atoms with Crippen LogP contribution in [0.25, 0.3) is 0 Å². The van der Waals surface area contributed by atoms with Crippen molar-refractivity contribution in [2.75, 3.05) is 13.6 Å². The molecular weight excluding hydrogens is 216 g/mol. The van der Waals surface area contributed by atoms with Crippen molar-refractivity contribution in [3.63, 3.8) is 0 Å². The molecule has 0 aliphatic carbocycles. The molecule has 1 aromatic rings. The number of hydrogen-bond acceptors (Lipinski definition) is 2. The lowest BCUT2D eigenvalue weighted by molar-refractivity contribution is 0.0955. The van der Waals surface area contributed by atoms with Gasteiger partial charge in [-0.3, -0.25) is 9.79 Å². The zero-order valence-electron chi connectivity index (χ0n) is 10.2. The maximum absolute atomic E-state index is 11.6. The van der Waals surface area contributed by atoms with Crippen LogP contribution in [0.4, 0.5) is 0 Å². The summed E-state index contributed by atoms with van der Waals surface area (Å²) in [5.74, 6) is 0.319. The lowest BCUT2D eigenvalue weighted by Gasteiger charge is -2.07. The summed E-state index contributed by atoms with van der Waals surface area (Å²) in [6.07, 6.45) is 0. The van der Waals surface area contributed by atoms with E-state index in [1.807, 2.05) is 25.1 Å². The van der Waals surface area contributed by atoms with Crippen LogP contribution in [0.15, 0.2) is 29.3 Å². The van der Waals surface area contributed by atoms with E-state index in [1.165, 1.54) is 0 Å². The van der Waals surface area contributed by atoms with Gasteiger partial charge in [0.15, 0.2) is 5.96 Å². The third kappa shape index (κ3) is 4.14. The molecule has 0 saturated carbocycles. The van der Waals surface area contributed by atoms with Crippen LogP contribution in [0.1, 0.15) is 22.8 Å². The SMILES string of the molecule is CCNC(=O)c1cccc(CNC(N)=NC)c1. The Morgan fingerprint density at radius 3 is 2.82 bits per heavy atom. The average Bonchev–Trinajstić information content (AvgIpc) is 2.36. The molecule has 0 spiro atoms. The van der Waals surface area contributed by atoms with E-state index >= 15 is 0 Å². The maximum Gasteiger partial charge on any atom is 0.251 e. The maximum atomic E-state index is 11.6. The van der Waals surface area contributed by atoms with Crippen LogP contribution in [0.3, 0.4) is 0 Å². The fourth-order valence-corrected chi connectivity index (χ4v) is 1.36. The van der Waals surface area contributed by atoms with Gasteiger partial charge in [0, 0.05) is 25.7 Å². The fourth-order valence-electron chi connectivity index (χ4n) is 1.36. The van der Waals surface area contributed by atoms with Gasteiger partial charge in [0.1, 0.15) is 0 Å². The van der Waals surface area contributed by atoms with Crippen LogP contribution in [0.5, 0.6) is 0 Å². The minimum atomic E-state index is -0.0634. The van der Waals surface area contributed by atoms with Crippen molar-refractivity contribution in [2.24, 2.45) is 10.7 Å². The molecule has 1 rings (SSSR count). The molecule has 17 heavy (non-hydrogen) atoms. The first-order valence-corrected chi connectivity index (χ1v) is 5.50. The van der Waals surface area contributed by atoms with Crippen molar-refractivity contribution < 1.29 is 4.79 Å². The van der Waals surface area contributed by atoms with Crippen LogP contribution >= 0.6 is 0 Å². The number of guanidine groups is 1. The van der Waals surface area contributed by atoms with Gasteiger partial charge in [-0.05, 0) is 24.6 Å². The first-order valence-electron chi connectivity index (χ1n) is 5.50. The molecule has 0 bridgehead atoms. The highest BCUT2D eigenvalue weighted by Gasteiger charge is 2.04. The number of hydrogen-bond donors (Lipinski definition) is 3. The van der Waals surface area contributed by atoms with Gasteiger partial charge >= 0.3 is 0 Å². The van der Waals surface area contributed by atoms with E-state index in [0.29, 0.717) is 24.6 Å². The second-order valence-corrected chi connectivity index (χ2v) is 3.52. The molecule has 5 heteroatoms. The predicted octanol–water partition coefficient (Wildman–Crippen LogP) is 0.470. The van der Waals surface area contributed by atoms with E-state index in [-0.39, 0.29) is 5.91 Å². The smallest absolute Gasteiger partial charge is 0.251 e. The van der Waals surface area contributed by atoms with Gasteiger partial charge in [0.25, 0.3) is 5.91 Å². The fraction of sp³-hybridized carbons (Fsp3) is 0.333. The summed E-state index contributed by atoms with van der Waals surface area (Å²) in [7, 11) is 1.62. The van der Waals surface area contributed by atoms with E-state index in [9.17, 15) is 4.79 Å². The molecule has 0 radical (unpaired) electrons. The quantitative estimate of drug-likeness (QED) is 0.523. The number of aliphatic imine (C=N–C) groups is 1. The summed E-state index contributed by atoms with van der Waals surface area (Å²) in [4.78, 5) is 15.4. The van der Waals surface area contributed by atoms with Crippen LogP contribution in [-0.2, 0) is 6.54 Å². The molecule has 0 aliphatic heterocycles. The number of amides is 1. The first-order chi connectivity index (χ1) is 8.17. The number of carbonyl (C=O) groups excluding carboxylic acids is 1. The van der Waals surface area contributed by atoms with E-state index in [1.54, 1.807) is 13.1 Å². The number of nitrogens with two attached hydrogens (primary N) is 1. The molecule has 0 saturated heterocycles. The molecule has 0 fully saturated rings. The summed E-state index contributed by atoms with van der Waals surface area (Å²) in [6, 6.07) is 7.40. The Hall–Kier alpha value is -2.04. The molecule has 5 nitrogen and oxygen atoms in total. The average molecular weight is 234 g/mol. The molecule has 0 atom stereocenters. The van der Waals surface area contributed by atoms with Gasteiger partial charge in [-0.1, -0.05) is 12.1 Å². The Labute approximate surface area is 101 Å². The van der Waals surface area contributed by atoms with Gasteiger partial charge < -0.3 is 16.4 Å². The predicted molar refractivity (Wildman–Crippen MR) is 68.8 cm³/mol. The van der Waals surface area contributed by atoms with Crippen LogP contribution in [-0.4, -0.2) is 25.5 Å². The second kappa shape index (κ2) is 6.52. The highest BCUT2D eigenvalue weighted by atomic mass is 16.1.